The molecule has 0 bridgehead atoms. The van der Waals surface area contributed by atoms with Crippen LogP contribution < -0.4 is 9.64 Å². The number of halogens is 1. The summed E-state index contributed by atoms with van der Waals surface area (Å²) >= 11 is 0. The average molecular weight is 316 g/mol. The van der Waals surface area contributed by atoms with Crippen molar-refractivity contribution in [2.45, 2.75) is 6.42 Å². The van der Waals surface area contributed by atoms with Crippen molar-refractivity contribution in [2.75, 3.05) is 18.1 Å². The zero-order chi connectivity index (χ0) is 16.4. The minimum absolute atomic E-state index is 0.0529. The van der Waals surface area contributed by atoms with Gasteiger partial charge in [0.25, 0.3) is 11.6 Å². The smallest absolute Gasteiger partial charge is 0.271 e. The molecule has 0 radical (unpaired) electrons. The highest BCUT2D eigenvalue weighted by molar-refractivity contribution is 5.96. The summed E-state index contributed by atoms with van der Waals surface area (Å²) < 4.78 is 18.2. The Morgan fingerprint density at radius 1 is 1.26 bits per heavy atom. The molecule has 0 saturated heterocycles. The SMILES string of the molecule is O=C(COc1ccc(F)cc1)N1CCc2ccc([N+](=O)[O-])cc21. The molecule has 0 saturated carbocycles. The Morgan fingerprint density at radius 2 is 2.00 bits per heavy atom. The van der Waals surface area contributed by atoms with Crippen LogP contribution in [-0.4, -0.2) is 24.0 Å². The molecule has 7 heteroatoms. The number of nitrogens with zero attached hydrogens (tertiary/aromatic N) is 2. The van der Waals surface area contributed by atoms with Crippen LogP contribution in [0, 0.1) is 15.9 Å². The molecule has 1 heterocycles. The van der Waals surface area contributed by atoms with Gasteiger partial charge in [0.2, 0.25) is 0 Å². The van der Waals surface area contributed by atoms with Gasteiger partial charge in [-0.2, -0.15) is 0 Å². The van der Waals surface area contributed by atoms with Crippen LogP contribution in [0.25, 0.3) is 0 Å². The minimum atomic E-state index is -0.490. The summed E-state index contributed by atoms with van der Waals surface area (Å²) in [5.41, 5.74) is 1.39. The third-order valence-electron chi connectivity index (χ3n) is 3.65. The lowest BCUT2D eigenvalue weighted by Crippen LogP contribution is -2.33. The Kier molecular flexibility index (Phi) is 3.92. The molecule has 0 N–H and O–H groups in total. The number of nitro groups is 1. The third kappa shape index (κ3) is 3.13. The molecule has 0 spiro atoms. The second kappa shape index (κ2) is 6.04. The summed E-state index contributed by atoms with van der Waals surface area (Å²) in [6.45, 7) is 0.246. The van der Waals surface area contributed by atoms with E-state index in [-0.39, 0.29) is 24.0 Å². The summed E-state index contributed by atoms with van der Waals surface area (Å²) in [5, 5.41) is 10.9. The van der Waals surface area contributed by atoms with Crippen LogP contribution in [0.4, 0.5) is 15.8 Å². The molecule has 0 atom stereocenters. The van der Waals surface area contributed by atoms with Gasteiger partial charge in [-0.15, -0.1) is 0 Å². The number of hydrogen-bond donors (Lipinski definition) is 0. The molecule has 6 nitrogen and oxygen atoms in total. The lowest BCUT2D eigenvalue weighted by Gasteiger charge is -2.17. The number of carbonyl (C=O) groups excluding carboxylic acids is 1. The molecule has 0 aliphatic carbocycles. The van der Waals surface area contributed by atoms with Crippen molar-refractivity contribution in [3.05, 3.63) is 64.0 Å². The zero-order valence-corrected chi connectivity index (χ0v) is 12.1. The number of anilines is 1. The molecule has 0 aromatic heterocycles. The van der Waals surface area contributed by atoms with Crippen molar-refractivity contribution in [1.82, 2.24) is 0 Å². The number of ether oxygens (including phenoxy) is 1. The molecule has 0 unspecified atom stereocenters. The molecule has 0 fully saturated rings. The van der Waals surface area contributed by atoms with Crippen molar-refractivity contribution in [2.24, 2.45) is 0 Å². The maximum Gasteiger partial charge on any atom is 0.271 e. The molecule has 2 aromatic carbocycles. The fourth-order valence-electron chi connectivity index (χ4n) is 2.49. The van der Waals surface area contributed by atoms with E-state index in [0.29, 0.717) is 24.4 Å². The first-order valence-electron chi connectivity index (χ1n) is 7.00. The second-order valence-electron chi connectivity index (χ2n) is 5.11. The van der Waals surface area contributed by atoms with E-state index in [9.17, 15) is 19.3 Å². The van der Waals surface area contributed by atoms with Crippen molar-refractivity contribution >= 4 is 17.3 Å². The van der Waals surface area contributed by atoms with Gasteiger partial charge < -0.3 is 9.64 Å². The van der Waals surface area contributed by atoms with Crippen LogP contribution in [0.5, 0.6) is 5.75 Å². The van der Waals surface area contributed by atoms with Crippen LogP contribution in [0.3, 0.4) is 0 Å². The monoisotopic (exact) mass is 316 g/mol. The largest absolute Gasteiger partial charge is 0.484 e. The van der Waals surface area contributed by atoms with Crippen LogP contribution in [0.1, 0.15) is 5.56 Å². The Bertz CT molecular complexity index is 761. The second-order valence-corrected chi connectivity index (χ2v) is 5.11. The maximum atomic E-state index is 12.8. The van der Waals surface area contributed by atoms with E-state index < -0.39 is 4.92 Å². The van der Waals surface area contributed by atoms with Crippen molar-refractivity contribution in [1.29, 1.82) is 0 Å². The first kappa shape index (κ1) is 15.0. The third-order valence-corrected chi connectivity index (χ3v) is 3.65. The number of non-ortho nitro benzene ring substituents is 1. The van der Waals surface area contributed by atoms with Gasteiger partial charge in [0.1, 0.15) is 11.6 Å². The van der Waals surface area contributed by atoms with Gasteiger partial charge in [-0.3, -0.25) is 14.9 Å². The van der Waals surface area contributed by atoms with E-state index in [1.165, 1.54) is 41.3 Å². The zero-order valence-electron chi connectivity index (χ0n) is 12.1. The molecule has 2 aromatic rings. The normalized spacial score (nSPS) is 12.8. The number of hydrogen-bond acceptors (Lipinski definition) is 4. The van der Waals surface area contributed by atoms with E-state index in [1.807, 2.05) is 0 Å². The summed E-state index contributed by atoms with van der Waals surface area (Å²) in [6.07, 6.45) is 0.648. The lowest BCUT2D eigenvalue weighted by atomic mass is 10.1. The molecule has 118 valence electrons. The van der Waals surface area contributed by atoms with Gasteiger partial charge in [-0.05, 0) is 36.2 Å². The highest BCUT2D eigenvalue weighted by Gasteiger charge is 2.26. The van der Waals surface area contributed by atoms with Gasteiger partial charge in [-0.25, -0.2) is 4.39 Å². The summed E-state index contributed by atoms with van der Waals surface area (Å²) in [6, 6.07) is 9.86. The molecule has 3 rings (SSSR count). The topological polar surface area (TPSA) is 72.7 Å². The lowest BCUT2D eigenvalue weighted by molar-refractivity contribution is -0.384. The van der Waals surface area contributed by atoms with Crippen LogP contribution in [0.15, 0.2) is 42.5 Å². The van der Waals surface area contributed by atoms with Gasteiger partial charge in [-0.1, -0.05) is 6.07 Å². The Hall–Kier alpha value is -2.96. The number of carbonyl (C=O) groups is 1. The fourth-order valence-corrected chi connectivity index (χ4v) is 2.49. The summed E-state index contributed by atoms with van der Waals surface area (Å²) in [5.74, 6) is -0.295. The van der Waals surface area contributed by atoms with Gasteiger partial charge >= 0.3 is 0 Å². The first-order chi connectivity index (χ1) is 11.0. The van der Waals surface area contributed by atoms with Crippen LogP contribution in [-0.2, 0) is 11.2 Å². The number of benzene rings is 2. The Morgan fingerprint density at radius 3 is 2.70 bits per heavy atom. The predicted octanol–water partition coefficient (Wildman–Crippen LogP) is 2.70. The molecular weight excluding hydrogens is 303 g/mol. The van der Waals surface area contributed by atoms with Gasteiger partial charge in [0, 0.05) is 18.7 Å². The number of nitro benzene ring substituents is 1. The van der Waals surface area contributed by atoms with E-state index >= 15 is 0 Å². The molecule has 1 aliphatic rings. The van der Waals surface area contributed by atoms with Crippen LogP contribution >= 0.6 is 0 Å². The van der Waals surface area contributed by atoms with E-state index in [4.69, 9.17) is 4.74 Å². The standard InChI is InChI=1S/C16H13FN2O4/c17-12-2-5-14(6-3-12)23-10-16(20)18-8-7-11-1-4-13(19(21)22)9-15(11)18/h1-6,9H,7-8,10H2. The van der Waals surface area contributed by atoms with E-state index in [0.717, 1.165) is 5.56 Å². The van der Waals surface area contributed by atoms with Crippen molar-refractivity contribution in [3.8, 4) is 5.75 Å². The van der Waals surface area contributed by atoms with E-state index in [1.54, 1.807) is 6.07 Å². The number of amides is 1. The van der Waals surface area contributed by atoms with Crippen LogP contribution in [0.2, 0.25) is 0 Å². The molecular formula is C16H13FN2O4. The quantitative estimate of drug-likeness (QED) is 0.642. The molecule has 1 aliphatic heterocycles. The fraction of sp³-hybridized carbons (Fsp3) is 0.188. The van der Waals surface area contributed by atoms with Crippen molar-refractivity contribution < 1.29 is 18.8 Å². The first-order valence-corrected chi connectivity index (χ1v) is 7.00. The predicted molar refractivity (Wildman–Crippen MR) is 81.0 cm³/mol. The number of fused-ring (bicyclic) bond motifs is 1. The Balaban J connectivity index is 1.71. The summed E-state index contributed by atoms with van der Waals surface area (Å²) in [4.78, 5) is 24.1. The highest BCUT2D eigenvalue weighted by atomic mass is 19.1. The van der Waals surface area contributed by atoms with E-state index in [2.05, 4.69) is 0 Å². The number of rotatable bonds is 4. The van der Waals surface area contributed by atoms with Crippen molar-refractivity contribution in [3.63, 3.8) is 0 Å². The minimum Gasteiger partial charge on any atom is -0.484 e. The van der Waals surface area contributed by atoms with Gasteiger partial charge in [0.05, 0.1) is 10.6 Å². The molecule has 23 heavy (non-hydrogen) atoms. The summed E-state index contributed by atoms with van der Waals surface area (Å²) in [7, 11) is 0. The Labute approximate surface area is 131 Å². The highest BCUT2D eigenvalue weighted by Crippen LogP contribution is 2.31. The average Bonchev–Trinajstić information content (AvgIpc) is 2.97. The van der Waals surface area contributed by atoms with Gasteiger partial charge in [0.15, 0.2) is 6.61 Å². The maximum absolute atomic E-state index is 12.8. The molecule has 1 amide bonds.